The van der Waals surface area contributed by atoms with Crippen LogP contribution in [0.4, 0.5) is 16.2 Å². The summed E-state index contributed by atoms with van der Waals surface area (Å²) in [6, 6.07) is 0.101. The first-order valence-electron chi connectivity index (χ1n) is 11.4. The zero-order valence-corrected chi connectivity index (χ0v) is 19.3. The standard InChI is InChI=1S/C22H23FN11O/c1-3-4-5-32-17-6-16(27-18(17)20(35)34-12(2)29-30-22(32)34)13-7-26-33(9-13)14-10-31(11-14)21-25-8-15(23)19(24)28-21/h6-9,14H,3-5,10-11H2,1-2H3,(H2,24,25,28)/q+1. The van der Waals surface area contributed by atoms with E-state index in [1.807, 2.05) is 26.4 Å². The normalized spacial score (nSPS) is 15.3. The second kappa shape index (κ2) is 7.89. The van der Waals surface area contributed by atoms with Gasteiger partial charge in [0.2, 0.25) is 11.8 Å². The SMILES string of the molecule is CCCC[n+]1c2c(c(=O)n3c(C)nnc31)=NC(c1cnn(C3CN(c4ncc(F)c(N)n4)C3)c1)=C2. The molecule has 178 valence electrons. The number of nitrogen functional groups attached to an aromatic ring is 1. The van der Waals surface area contributed by atoms with Gasteiger partial charge in [0.05, 0.1) is 30.7 Å². The third kappa shape index (κ3) is 3.33. The Labute approximate surface area is 198 Å². The number of hydrogen-bond donors (Lipinski definition) is 1. The number of nitrogens with zero attached hydrogens (tertiary/aromatic N) is 10. The topological polar surface area (TPSA) is 136 Å². The lowest BCUT2D eigenvalue weighted by atomic mass is 10.1. The number of rotatable bonds is 6. The quantitative estimate of drug-likeness (QED) is 0.387. The van der Waals surface area contributed by atoms with Crippen molar-refractivity contribution in [2.45, 2.75) is 39.3 Å². The number of hydrogen-bond acceptors (Lipinski definition) is 9. The largest absolute Gasteiger partial charge is 0.431 e. The lowest BCUT2D eigenvalue weighted by Crippen LogP contribution is -2.50. The molecular formula is C22H23FN11O+. The molecule has 1 saturated heterocycles. The Balaban J connectivity index is 1.28. The average molecular weight is 477 g/mol. The van der Waals surface area contributed by atoms with Crippen LogP contribution in [0.1, 0.15) is 42.9 Å². The summed E-state index contributed by atoms with van der Waals surface area (Å²) in [6.45, 7) is 5.83. The highest BCUT2D eigenvalue weighted by Gasteiger charge is 2.32. The van der Waals surface area contributed by atoms with E-state index in [4.69, 9.17) is 5.73 Å². The van der Waals surface area contributed by atoms with E-state index in [0.717, 1.165) is 30.3 Å². The van der Waals surface area contributed by atoms with Crippen LogP contribution >= 0.6 is 0 Å². The fraction of sp³-hybridized carbons (Fsp3) is 0.364. The Morgan fingerprint density at radius 1 is 1.26 bits per heavy atom. The molecular weight excluding hydrogens is 453 g/mol. The molecule has 2 aliphatic rings. The minimum atomic E-state index is -0.630. The molecule has 6 heterocycles. The summed E-state index contributed by atoms with van der Waals surface area (Å²) in [7, 11) is 0. The number of fused-ring (bicyclic) bond motifs is 2. The molecule has 12 nitrogen and oxygen atoms in total. The Morgan fingerprint density at radius 3 is 2.86 bits per heavy atom. The Kier molecular flexibility index (Phi) is 4.79. The molecule has 0 radical (unpaired) electrons. The number of aryl methyl sites for hydroxylation is 2. The van der Waals surface area contributed by atoms with E-state index in [2.05, 4.69) is 37.2 Å². The van der Waals surface area contributed by atoms with E-state index in [1.165, 1.54) is 4.40 Å². The van der Waals surface area contributed by atoms with Crippen molar-refractivity contribution in [3.63, 3.8) is 0 Å². The van der Waals surface area contributed by atoms with Gasteiger partial charge in [-0.15, -0.1) is 4.40 Å². The summed E-state index contributed by atoms with van der Waals surface area (Å²) in [6.07, 6.45) is 8.61. The summed E-state index contributed by atoms with van der Waals surface area (Å²) in [4.78, 5) is 27.7. The van der Waals surface area contributed by atoms with Gasteiger partial charge < -0.3 is 10.6 Å². The third-order valence-corrected chi connectivity index (χ3v) is 6.40. The molecule has 0 saturated carbocycles. The van der Waals surface area contributed by atoms with E-state index in [9.17, 15) is 9.18 Å². The molecule has 4 aromatic rings. The van der Waals surface area contributed by atoms with Crippen LogP contribution in [0.5, 0.6) is 0 Å². The molecule has 4 aromatic heterocycles. The van der Waals surface area contributed by atoms with E-state index in [-0.39, 0.29) is 17.4 Å². The third-order valence-electron chi connectivity index (χ3n) is 6.40. The summed E-state index contributed by atoms with van der Waals surface area (Å²) in [5.41, 5.74) is 7.57. The Hall–Kier alpha value is -4.29. The predicted octanol–water partition coefficient (Wildman–Crippen LogP) is 0.105. The summed E-state index contributed by atoms with van der Waals surface area (Å²) >= 11 is 0. The van der Waals surface area contributed by atoms with Crippen LogP contribution in [0.25, 0.3) is 17.6 Å². The van der Waals surface area contributed by atoms with Gasteiger partial charge in [-0.1, -0.05) is 13.3 Å². The lowest BCUT2D eigenvalue weighted by Gasteiger charge is -2.39. The minimum Gasteiger partial charge on any atom is -0.381 e. The lowest BCUT2D eigenvalue weighted by molar-refractivity contribution is -0.679. The molecule has 0 aliphatic carbocycles. The molecule has 2 aliphatic heterocycles. The maximum atomic E-state index is 13.3. The van der Waals surface area contributed by atoms with E-state index < -0.39 is 5.82 Å². The first-order valence-corrected chi connectivity index (χ1v) is 11.4. The van der Waals surface area contributed by atoms with Crippen molar-refractivity contribution in [2.75, 3.05) is 23.7 Å². The monoisotopic (exact) mass is 476 g/mol. The van der Waals surface area contributed by atoms with Gasteiger partial charge in [0.25, 0.3) is 0 Å². The van der Waals surface area contributed by atoms with E-state index in [0.29, 0.717) is 48.2 Å². The first kappa shape index (κ1) is 21.3. The van der Waals surface area contributed by atoms with Gasteiger partial charge in [-0.25, -0.2) is 23.7 Å². The van der Waals surface area contributed by atoms with Crippen molar-refractivity contribution in [1.82, 2.24) is 34.3 Å². The molecule has 0 aromatic carbocycles. The number of unbranched alkanes of at least 4 members (excludes halogenated alkanes) is 1. The molecule has 2 N–H and O–H groups in total. The van der Waals surface area contributed by atoms with Gasteiger partial charge in [-0.2, -0.15) is 10.1 Å². The van der Waals surface area contributed by atoms with Gasteiger partial charge in [0.15, 0.2) is 17.0 Å². The average Bonchev–Trinajstić information content (AvgIpc) is 3.54. The second-order valence-corrected chi connectivity index (χ2v) is 8.74. The highest BCUT2D eigenvalue weighted by molar-refractivity contribution is 5.81. The molecule has 0 spiro atoms. The molecule has 1 fully saturated rings. The maximum absolute atomic E-state index is 13.3. The Morgan fingerprint density at radius 2 is 2.09 bits per heavy atom. The molecule has 35 heavy (non-hydrogen) atoms. The highest BCUT2D eigenvalue weighted by atomic mass is 19.1. The van der Waals surface area contributed by atoms with E-state index >= 15 is 0 Å². The van der Waals surface area contributed by atoms with Crippen LogP contribution in [-0.2, 0) is 6.54 Å². The number of halogens is 1. The van der Waals surface area contributed by atoms with Crippen molar-refractivity contribution < 1.29 is 8.96 Å². The fourth-order valence-electron chi connectivity index (χ4n) is 4.41. The first-order chi connectivity index (χ1) is 16.9. The van der Waals surface area contributed by atoms with Gasteiger partial charge in [0.1, 0.15) is 5.69 Å². The van der Waals surface area contributed by atoms with Gasteiger partial charge in [-0.3, -0.25) is 4.68 Å². The smallest absolute Gasteiger partial charge is 0.381 e. The molecule has 0 atom stereocenters. The molecule has 0 unspecified atom stereocenters. The van der Waals surface area contributed by atoms with Crippen LogP contribution in [0, 0.1) is 12.7 Å². The van der Waals surface area contributed by atoms with Crippen molar-refractivity contribution in [1.29, 1.82) is 0 Å². The number of anilines is 2. The fourth-order valence-corrected chi connectivity index (χ4v) is 4.41. The van der Waals surface area contributed by atoms with Gasteiger partial charge in [0, 0.05) is 42.9 Å². The van der Waals surface area contributed by atoms with Crippen molar-refractivity contribution in [2.24, 2.45) is 4.99 Å². The maximum Gasteiger partial charge on any atom is 0.431 e. The van der Waals surface area contributed by atoms with Crippen LogP contribution in [0.3, 0.4) is 0 Å². The van der Waals surface area contributed by atoms with Gasteiger partial charge in [-0.05, 0) is 11.5 Å². The van der Waals surface area contributed by atoms with Gasteiger partial charge >= 0.3 is 11.3 Å². The summed E-state index contributed by atoms with van der Waals surface area (Å²) in [5, 5.41) is 13.2. The van der Waals surface area contributed by atoms with Crippen molar-refractivity contribution in [3.05, 3.63) is 57.2 Å². The zero-order chi connectivity index (χ0) is 24.3. The van der Waals surface area contributed by atoms with Crippen molar-refractivity contribution in [3.8, 4) is 0 Å². The van der Waals surface area contributed by atoms with Crippen molar-refractivity contribution >= 4 is 29.3 Å². The van der Waals surface area contributed by atoms with Crippen LogP contribution < -0.4 is 26.1 Å². The zero-order valence-electron chi connectivity index (χ0n) is 19.3. The predicted molar refractivity (Wildman–Crippen MR) is 124 cm³/mol. The van der Waals surface area contributed by atoms with Crippen LogP contribution in [0.15, 0.2) is 28.4 Å². The molecule has 0 amide bonds. The molecule has 0 bridgehead atoms. The summed E-state index contributed by atoms with van der Waals surface area (Å²) < 4.78 is 18.7. The second-order valence-electron chi connectivity index (χ2n) is 8.74. The molecule has 13 heteroatoms. The van der Waals surface area contributed by atoms with E-state index in [1.54, 1.807) is 13.1 Å². The minimum absolute atomic E-state index is 0.101. The van der Waals surface area contributed by atoms with Crippen LogP contribution in [-0.4, -0.2) is 47.4 Å². The summed E-state index contributed by atoms with van der Waals surface area (Å²) in [5.74, 6) is 0.666. The highest BCUT2D eigenvalue weighted by Crippen LogP contribution is 2.27. The Bertz CT molecular complexity index is 1620. The number of aromatic nitrogens is 8. The molecule has 6 rings (SSSR count). The van der Waals surface area contributed by atoms with Crippen LogP contribution in [0.2, 0.25) is 0 Å². The number of nitrogens with two attached hydrogens (primary N) is 1.